The second-order valence-electron chi connectivity index (χ2n) is 10.1. The van der Waals surface area contributed by atoms with Crippen LogP contribution in [0.3, 0.4) is 0 Å². The number of likely N-dealkylation sites (tertiary alicyclic amines) is 1. The maximum Gasteiger partial charge on any atom is 0.255 e. The highest BCUT2D eigenvalue weighted by Crippen LogP contribution is 2.34. The number of hydrogen-bond acceptors (Lipinski definition) is 7. The van der Waals surface area contributed by atoms with Crippen LogP contribution in [0.25, 0.3) is 0 Å². The summed E-state index contributed by atoms with van der Waals surface area (Å²) >= 11 is 0. The van der Waals surface area contributed by atoms with Gasteiger partial charge in [0.15, 0.2) is 0 Å². The second kappa shape index (κ2) is 9.54. The lowest BCUT2D eigenvalue weighted by molar-refractivity contribution is -0.126. The third-order valence-electron chi connectivity index (χ3n) is 7.73. The molecule has 3 atom stereocenters. The highest BCUT2D eigenvalue weighted by atomic mass is 16.5. The molecule has 1 saturated carbocycles. The molecular weight excluding hydrogens is 458 g/mol. The van der Waals surface area contributed by atoms with Gasteiger partial charge in [-0.1, -0.05) is 13.0 Å². The molecule has 1 aromatic carbocycles. The van der Waals surface area contributed by atoms with Gasteiger partial charge >= 0.3 is 0 Å². The van der Waals surface area contributed by atoms with Gasteiger partial charge in [-0.15, -0.1) is 0 Å². The molecule has 0 spiro atoms. The Labute approximate surface area is 210 Å². The van der Waals surface area contributed by atoms with Crippen molar-refractivity contribution in [2.75, 3.05) is 13.1 Å². The fourth-order valence-electron chi connectivity index (χ4n) is 5.84. The van der Waals surface area contributed by atoms with Crippen molar-refractivity contribution in [1.29, 1.82) is 0 Å². The van der Waals surface area contributed by atoms with Crippen molar-refractivity contribution in [3.05, 3.63) is 60.2 Å². The largest absolute Gasteiger partial charge is 0.489 e. The number of ether oxygens (including phenoxy) is 2. The minimum Gasteiger partial charge on any atom is -0.489 e. The Balaban J connectivity index is 1.09. The quantitative estimate of drug-likeness (QED) is 0.666. The summed E-state index contributed by atoms with van der Waals surface area (Å²) in [6, 6.07) is 5.61. The SMILES string of the molecule is C=C1CCC(N2Cc3cc(OC4CCCCC4N4CC(Oc5cnccn5)C4)ccc3C2=O)C(=O)N1. The molecule has 2 amide bonds. The lowest BCUT2D eigenvalue weighted by Gasteiger charge is -2.47. The van der Waals surface area contributed by atoms with Crippen molar-refractivity contribution in [2.45, 2.75) is 69.4 Å². The van der Waals surface area contributed by atoms with Gasteiger partial charge < -0.3 is 19.7 Å². The zero-order valence-electron chi connectivity index (χ0n) is 20.3. The summed E-state index contributed by atoms with van der Waals surface area (Å²) in [5, 5.41) is 2.79. The lowest BCUT2D eigenvalue weighted by Crippen LogP contribution is -2.62. The van der Waals surface area contributed by atoms with Gasteiger partial charge in [0.05, 0.1) is 6.20 Å². The monoisotopic (exact) mass is 489 g/mol. The van der Waals surface area contributed by atoms with Crippen LogP contribution in [0.15, 0.2) is 49.1 Å². The van der Waals surface area contributed by atoms with E-state index in [2.05, 4.69) is 26.8 Å². The number of rotatable bonds is 6. The molecule has 1 N–H and O–H groups in total. The Kier molecular flexibility index (Phi) is 6.08. The van der Waals surface area contributed by atoms with Crippen LogP contribution in [0.1, 0.15) is 54.4 Å². The molecular formula is C27H31N5O4. The fraction of sp³-hybridized carbons (Fsp3) is 0.481. The number of carbonyl (C=O) groups excluding carboxylic acids is 2. The number of nitrogens with zero attached hydrogens (tertiary/aromatic N) is 4. The van der Waals surface area contributed by atoms with Gasteiger partial charge in [0.25, 0.3) is 5.91 Å². The fourth-order valence-corrected chi connectivity index (χ4v) is 5.84. The third kappa shape index (κ3) is 4.43. The van der Waals surface area contributed by atoms with E-state index in [1.165, 1.54) is 6.42 Å². The highest BCUT2D eigenvalue weighted by Gasteiger charge is 2.41. The van der Waals surface area contributed by atoms with Crippen LogP contribution in [0.5, 0.6) is 11.6 Å². The molecule has 1 aromatic heterocycles. The summed E-state index contributed by atoms with van der Waals surface area (Å²) < 4.78 is 12.5. The van der Waals surface area contributed by atoms with Gasteiger partial charge in [-0.3, -0.25) is 19.5 Å². The molecule has 188 valence electrons. The number of piperidine rings is 1. The summed E-state index contributed by atoms with van der Waals surface area (Å²) in [6.45, 7) is 5.97. The molecule has 9 nitrogen and oxygen atoms in total. The van der Waals surface area contributed by atoms with Crippen molar-refractivity contribution in [1.82, 2.24) is 25.1 Å². The van der Waals surface area contributed by atoms with Crippen molar-refractivity contribution >= 4 is 11.8 Å². The van der Waals surface area contributed by atoms with E-state index in [0.29, 0.717) is 42.6 Å². The first kappa shape index (κ1) is 23.0. The molecule has 2 aromatic rings. The molecule has 3 unspecified atom stereocenters. The molecule has 4 heterocycles. The van der Waals surface area contributed by atoms with Crippen molar-refractivity contribution in [2.24, 2.45) is 0 Å². The van der Waals surface area contributed by atoms with E-state index < -0.39 is 6.04 Å². The topological polar surface area (TPSA) is 96.9 Å². The Bertz CT molecular complexity index is 1170. The molecule has 3 aliphatic heterocycles. The van der Waals surface area contributed by atoms with Crippen LogP contribution in [0.4, 0.5) is 0 Å². The van der Waals surface area contributed by atoms with Gasteiger partial charge in [0.1, 0.15) is 24.0 Å². The average Bonchev–Trinajstić information content (AvgIpc) is 3.18. The first-order chi connectivity index (χ1) is 17.5. The number of fused-ring (bicyclic) bond motifs is 1. The van der Waals surface area contributed by atoms with E-state index in [1.54, 1.807) is 23.5 Å². The van der Waals surface area contributed by atoms with Gasteiger partial charge in [0, 0.05) is 49.3 Å². The molecule has 3 fully saturated rings. The minimum atomic E-state index is -0.453. The summed E-state index contributed by atoms with van der Waals surface area (Å²) in [6.07, 6.45) is 10.9. The Morgan fingerprint density at radius 1 is 1.06 bits per heavy atom. The van der Waals surface area contributed by atoms with Crippen LogP contribution >= 0.6 is 0 Å². The normalized spacial score (nSPS) is 26.8. The van der Waals surface area contributed by atoms with Crippen LogP contribution in [-0.4, -0.2) is 69.0 Å². The summed E-state index contributed by atoms with van der Waals surface area (Å²) in [5.41, 5.74) is 2.29. The number of amides is 2. The van der Waals surface area contributed by atoms with Crippen molar-refractivity contribution < 1.29 is 19.1 Å². The smallest absolute Gasteiger partial charge is 0.255 e. The molecule has 36 heavy (non-hydrogen) atoms. The number of benzene rings is 1. The minimum absolute atomic E-state index is 0.0884. The van der Waals surface area contributed by atoms with Crippen LogP contribution in [0.2, 0.25) is 0 Å². The van der Waals surface area contributed by atoms with E-state index in [0.717, 1.165) is 43.7 Å². The van der Waals surface area contributed by atoms with Crippen LogP contribution < -0.4 is 14.8 Å². The molecule has 9 heteroatoms. The van der Waals surface area contributed by atoms with Gasteiger partial charge in [-0.2, -0.15) is 0 Å². The second-order valence-corrected chi connectivity index (χ2v) is 10.1. The molecule has 1 aliphatic carbocycles. The molecule has 2 saturated heterocycles. The Morgan fingerprint density at radius 3 is 2.72 bits per heavy atom. The first-order valence-corrected chi connectivity index (χ1v) is 12.8. The maximum atomic E-state index is 13.0. The predicted molar refractivity (Wildman–Crippen MR) is 131 cm³/mol. The Morgan fingerprint density at radius 2 is 1.92 bits per heavy atom. The van der Waals surface area contributed by atoms with E-state index in [4.69, 9.17) is 9.47 Å². The highest BCUT2D eigenvalue weighted by molar-refractivity contribution is 6.01. The summed E-state index contributed by atoms with van der Waals surface area (Å²) in [5.74, 6) is 1.12. The predicted octanol–water partition coefficient (Wildman–Crippen LogP) is 2.68. The maximum absolute atomic E-state index is 13.0. The van der Waals surface area contributed by atoms with Gasteiger partial charge in [-0.05, 0) is 55.9 Å². The molecule has 0 bridgehead atoms. The lowest BCUT2D eigenvalue weighted by atomic mass is 9.89. The third-order valence-corrected chi connectivity index (χ3v) is 7.73. The Hall–Kier alpha value is -3.46. The zero-order chi connectivity index (χ0) is 24.6. The molecule has 4 aliphatic rings. The standard InChI is InChI=1S/C27H31N5O4/c1-17-6-9-23(26(33)30-17)32-14-18-12-19(7-8-21(18)27(32)34)35-24-5-3-2-4-22(24)31-15-20(16-31)36-25-13-28-10-11-29-25/h7-8,10-13,20,22-24H,1-6,9,14-16H2,(H,30,33). The summed E-state index contributed by atoms with van der Waals surface area (Å²) in [4.78, 5) is 37.9. The van der Waals surface area contributed by atoms with E-state index in [1.807, 2.05) is 18.2 Å². The summed E-state index contributed by atoms with van der Waals surface area (Å²) in [7, 11) is 0. The van der Waals surface area contributed by atoms with Gasteiger partial charge in [-0.25, -0.2) is 4.98 Å². The van der Waals surface area contributed by atoms with E-state index >= 15 is 0 Å². The molecule has 6 rings (SSSR count). The zero-order valence-corrected chi connectivity index (χ0v) is 20.3. The average molecular weight is 490 g/mol. The van der Waals surface area contributed by atoms with Crippen molar-refractivity contribution in [3.63, 3.8) is 0 Å². The van der Waals surface area contributed by atoms with Crippen LogP contribution in [0, 0.1) is 0 Å². The van der Waals surface area contributed by atoms with Crippen LogP contribution in [-0.2, 0) is 11.3 Å². The van der Waals surface area contributed by atoms with E-state index in [-0.39, 0.29) is 24.0 Å². The van der Waals surface area contributed by atoms with E-state index in [9.17, 15) is 9.59 Å². The van der Waals surface area contributed by atoms with Crippen molar-refractivity contribution in [3.8, 4) is 11.6 Å². The molecule has 0 radical (unpaired) electrons. The first-order valence-electron chi connectivity index (χ1n) is 12.8. The number of aromatic nitrogens is 2. The number of carbonyl (C=O) groups is 2. The number of hydrogen-bond donors (Lipinski definition) is 1. The number of nitrogens with one attached hydrogen (secondary N) is 1. The van der Waals surface area contributed by atoms with Gasteiger partial charge in [0.2, 0.25) is 11.8 Å². The number of allylic oxidation sites excluding steroid dienone is 1.